The molecule has 19 heavy (non-hydrogen) atoms. The molecule has 2 aromatic rings. The number of rotatable bonds is 4. The van der Waals surface area contributed by atoms with Gasteiger partial charge in [0.05, 0.1) is 7.11 Å². The summed E-state index contributed by atoms with van der Waals surface area (Å²) in [6.07, 6.45) is 0. The van der Waals surface area contributed by atoms with E-state index in [1.54, 1.807) is 0 Å². The number of methoxy groups -OCH3 is 1. The van der Waals surface area contributed by atoms with E-state index in [4.69, 9.17) is 10.5 Å². The van der Waals surface area contributed by atoms with E-state index in [-0.39, 0.29) is 30.0 Å². The fraction of sp³-hybridized carbons (Fsp3) is 0.182. The summed E-state index contributed by atoms with van der Waals surface area (Å²) in [6.45, 7) is 0.0821. The van der Waals surface area contributed by atoms with Gasteiger partial charge in [-0.15, -0.1) is 0 Å². The van der Waals surface area contributed by atoms with Crippen molar-refractivity contribution in [1.29, 1.82) is 0 Å². The Morgan fingerprint density at radius 3 is 2.74 bits per heavy atom. The van der Waals surface area contributed by atoms with Gasteiger partial charge in [-0.2, -0.15) is 15.0 Å². The molecular weight excluding hydrogens is 256 g/mol. The second kappa shape index (κ2) is 5.42. The van der Waals surface area contributed by atoms with Gasteiger partial charge in [-0.3, -0.25) is 0 Å². The van der Waals surface area contributed by atoms with E-state index in [9.17, 15) is 8.78 Å². The molecule has 0 unspecified atom stereocenters. The highest BCUT2D eigenvalue weighted by Crippen LogP contribution is 2.13. The third-order valence-electron chi connectivity index (χ3n) is 2.27. The first-order chi connectivity index (χ1) is 9.08. The third-order valence-corrected chi connectivity index (χ3v) is 2.27. The number of benzene rings is 1. The summed E-state index contributed by atoms with van der Waals surface area (Å²) in [5.74, 6) is -1.16. The summed E-state index contributed by atoms with van der Waals surface area (Å²) in [5, 5.41) is 2.75. The number of aromatic nitrogens is 3. The van der Waals surface area contributed by atoms with E-state index in [2.05, 4.69) is 20.3 Å². The molecule has 2 rings (SSSR count). The molecule has 6 nitrogen and oxygen atoms in total. The van der Waals surface area contributed by atoms with Crippen LogP contribution in [0.3, 0.4) is 0 Å². The van der Waals surface area contributed by atoms with Crippen molar-refractivity contribution in [2.45, 2.75) is 6.54 Å². The molecule has 0 aliphatic rings. The molecule has 0 spiro atoms. The molecule has 0 radical (unpaired) electrons. The fourth-order valence-corrected chi connectivity index (χ4v) is 1.38. The molecule has 0 saturated heterocycles. The molecular formula is C11H11F2N5O. The van der Waals surface area contributed by atoms with Crippen LogP contribution in [0.25, 0.3) is 0 Å². The second-order valence-electron chi connectivity index (χ2n) is 3.59. The molecule has 0 amide bonds. The minimum absolute atomic E-state index is 0.0195. The van der Waals surface area contributed by atoms with Crippen molar-refractivity contribution in [3.05, 3.63) is 35.4 Å². The molecule has 0 aliphatic carbocycles. The predicted octanol–water partition coefficient (Wildman–Crippen LogP) is 1.35. The number of nitrogens with one attached hydrogen (secondary N) is 1. The quantitative estimate of drug-likeness (QED) is 0.869. The van der Waals surface area contributed by atoms with Crippen LogP contribution in [0.4, 0.5) is 20.7 Å². The molecule has 0 atom stereocenters. The Kier molecular flexibility index (Phi) is 3.69. The number of halogens is 2. The van der Waals surface area contributed by atoms with Crippen LogP contribution in [-0.2, 0) is 6.54 Å². The van der Waals surface area contributed by atoms with E-state index in [1.807, 2.05) is 0 Å². The van der Waals surface area contributed by atoms with Gasteiger partial charge in [0.15, 0.2) is 0 Å². The Morgan fingerprint density at radius 1 is 1.26 bits per heavy atom. The lowest BCUT2D eigenvalue weighted by Crippen LogP contribution is -2.09. The summed E-state index contributed by atoms with van der Waals surface area (Å²) in [5.41, 5.74) is 5.73. The highest BCUT2D eigenvalue weighted by molar-refractivity contribution is 5.34. The first-order valence-electron chi connectivity index (χ1n) is 5.32. The zero-order valence-corrected chi connectivity index (χ0v) is 10.0. The van der Waals surface area contributed by atoms with E-state index in [0.717, 1.165) is 6.07 Å². The molecule has 1 aromatic carbocycles. The van der Waals surface area contributed by atoms with Crippen LogP contribution in [0, 0.1) is 11.6 Å². The van der Waals surface area contributed by atoms with Gasteiger partial charge in [-0.1, -0.05) is 6.07 Å². The zero-order valence-electron chi connectivity index (χ0n) is 10.0. The Labute approximate surface area is 107 Å². The van der Waals surface area contributed by atoms with Crippen LogP contribution in [0.15, 0.2) is 18.2 Å². The summed E-state index contributed by atoms with van der Waals surface area (Å²) < 4.78 is 31.0. The number of nitrogens with zero attached hydrogens (tertiary/aromatic N) is 3. The lowest BCUT2D eigenvalue weighted by Gasteiger charge is -2.07. The Bertz CT molecular complexity index is 593. The lowest BCUT2D eigenvalue weighted by molar-refractivity contribution is 0.379. The van der Waals surface area contributed by atoms with Gasteiger partial charge >= 0.3 is 6.01 Å². The maximum absolute atomic E-state index is 13.4. The Morgan fingerprint density at radius 2 is 2.05 bits per heavy atom. The molecule has 0 saturated carbocycles. The largest absolute Gasteiger partial charge is 0.467 e. The summed E-state index contributed by atoms with van der Waals surface area (Å²) in [7, 11) is 1.39. The van der Waals surface area contributed by atoms with Gasteiger partial charge in [0.1, 0.15) is 11.6 Å². The van der Waals surface area contributed by atoms with Crippen LogP contribution < -0.4 is 15.8 Å². The van der Waals surface area contributed by atoms with Crippen molar-refractivity contribution < 1.29 is 13.5 Å². The van der Waals surface area contributed by atoms with Gasteiger partial charge in [0.25, 0.3) is 0 Å². The molecule has 0 bridgehead atoms. The molecule has 1 heterocycles. The van der Waals surface area contributed by atoms with Crippen molar-refractivity contribution in [1.82, 2.24) is 15.0 Å². The minimum Gasteiger partial charge on any atom is -0.467 e. The smallest absolute Gasteiger partial charge is 0.322 e. The monoisotopic (exact) mass is 267 g/mol. The highest BCUT2D eigenvalue weighted by atomic mass is 19.1. The van der Waals surface area contributed by atoms with Gasteiger partial charge in [-0.25, -0.2) is 8.78 Å². The van der Waals surface area contributed by atoms with Crippen LogP contribution in [0.1, 0.15) is 5.56 Å². The number of ether oxygens (including phenoxy) is 1. The maximum atomic E-state index is 13.4. The van der Waals surface area contributed by atoms with E-state index >= 15 is 0 Å². The standard InChI is InChI=1S/C11H11F2N5O/c1-19-11-17-9(14)16-10(18-11)15-5-6-2-3-7(12)4-8(6)13/h2-4H,5H2,1H3,(H3,14,15,16,17,18). The Hall–Kier alpha value is -2.51. The van der Waals surface area contributed by atoms with Crippen molar-refractivity contribution in [3.63, 3.8) is 0 Å². The van der Waals surface area contributed by atoms with Crippen molar-refractivity contribution in [2.75, 3.05) is 18.2 Å². The molecule has 100 valence electrons. The normalized spacial score (nSPS) is 10.3. The van der Waals surface area contributed by atoms with Crippen LogP contribution >= 0.6 is 0 Å². The number of anilines is 2. The van der Waals surface area contributed by atoms with Crippen LogP contribution in [0.5, 0.6) is 6.01 Å². The zero-order chi connectivity index (χ0) is 13.8. The number of hydrogen-bond donors (Lipinski definition) is 2. The van der Waals surface area contributed by atoms with Crippen molar-refractivity contribution in [2.24, 2.45) is 0 Å². The molecule has 8 heteroatoms. The summed E-state index contributed by atoms with van der Waals surface area (Å²) in [4.78, 5) is 11.4. The van der Waals surface area contributed by atoms with Crippen molar-refractivity contribution >= 4 is 11.9 Å². The molecule has 0 fully saturated rings. The lowest BCUT2D eigenvalue weighted by atomic mass is 10.2. The van der Waals surface area contributed by atoms with Crippen LogP contribution in [0.2, 0.25) is 0 Å². The minimum atomic E-state index is -0.651. The summed E-state index contributed by atoms with van der Waals surface area (Å²) >= 11 is 0. The van der Waals surface area contributed by atoms with E-state index < -0.39 is 11.6 Å². The Balaban J connectivity index is 2.12. The fourth-order valence-electron chi connectivity index (χ4n) is 1.38. The first kappa shape index (κ1) is 12.9. The third kappa shape index (κ3) is 3.24. The maximum Gasteiger partial charge on any atom is 0.322 e. The van der Waals surface area contributed by atoms with Gasteiger partial charge in [0.2, 0.25) is 11.9 Å². The highest BCUT2D eigenvalue weighted by Gasteiger charge is 2.07. The average Bonchev–Trinajstić information content (AvgIpc) is 2.37. The van der Waals surface area contributed by atoms with Gasteiger partial charge in [-0.05, 0) is 6.07 Å². The van der Waals surface area contributed by atoms with E-state index in [1.165, 1.54) is 19.2 Å². The van der Waals surface area contributed by atoms with Crippen LogP contribution in [-0.4, -0.2) is 22.1 Å². The first-order valence-corrected chi connectivity index (χ1v) is 5.32. The average molecular weight is 267 g/mol. The molecule has 1 aromatic heterocycles. The number of nitrogen functional groups attached to an aromatic ring is 1. The SMILES string of the molecule is COc1nc(N)nc(NCc2ccc(F)cc2F)n1. The van der Waals surface area contributed by atoms with Gasteiger partial charge in [0, 0.05) is 18.2 Å². The summed E-state index contributed by atoms with van der Waals surface area (Å²) in [6, 6.07) is 3.36. The molecule has 3 N–H and O–H groups in total. The number of nitrogens with two attached hydrogens (primary N) is 1. The van der Waals surface area contributed by atoms with Gasteiger partial charge < -0.3 is 15.8 Å². The second-order valence-corrected chi connectivity index (χ2v) is 3.59. The predicted molar refractivity (Wildman–Crippen MR) is 64.5 cm³/mol. The topological polar surface area (TPSA) is 86.0 Å². The molecule has 0 aliphatic heterocycles. The van der Waals surface area contributed by atoms with Crippen molar-refractivity contribution in [3.8, 4) is 6.01 Å². The number of hydrogen-bond acceptors (Lipinski definition) is 6. The van der Waals surface area contributed by atoms with E-state index in [0.29, 0.717) is 0 Å².